The molecule has 96 valence electrons. The van der Waals surface area contributed by atoms with Crippen LogP contribution in [-0.4, -0.2) is 22.6 Å². The van der Waals surface area contributed by atoms with Crippen molar-refractivity contribution in [3.8, 4) is 0 Å². The molecule has 1 aliphatic rings. The van der Waals surface area contributed by atoms with Gasteiger partial charge in [-0.2, -0.15) is 0 Å². The minimum atomic E-state index is -3.64. The average Bonchev–Trinajstić information content (AvgIpc) is 2.35. The van der Waals surface area contributed by atoms with Crippen LogP contribution in [0.25, 0.3) is 4.91 Å². The lowest BCUT2D eigenvalue weighted by Gasteiger charge is -2.06. The minimum absolute atomic E-state index is 0.172. The maximum Gasteiger partial charge on any atom is 0.194 e. The van der Waals surface area contributed by atoms with Crippen LogP contribution in [0.5, 0.6) is 0 Å². The molecule has 18 heavy (non-hydrogen) atoms. The molecule has 2 rings (SSSR count). The number of rotatable bonds is 1. The second-order valence-corrected chi connectivity index (χ2v) is 8.34. The molecular formula is C11H9BrO4S2. The van der Waals surface area contributed by atoms with E-state index in [1.54, 1.807) is 24.3 Å². The standard InChI is InChI=1S/C11H9BrO4S2/c12-10-4-1-3-9(7-10)11-8-17(13,14)5-2-6-18(11,15)16/h1-5,7-8H,6H2. The molecule has 0 atom stereocenters. The van der Waals surface area contributed by atoms with Crippen molar-refractivity contribution >= 4 is 40.5 Å². The van der Waals surface area contributed by atoms with E-state index in [9.17, 15) is 16.8 Å². The Balaban J connectivity index is 2.71. The fourth-order valence-electron chi connectivity index (χ4n) is 1.54. The highest BCUT2D eigenvalue weighted by molar-refractivity contribution is 9.10. The molecule has 4 nitrogen and oxygen atoms in total. The highest BCUT2D eigenvalue weighted by Gasteiger charge is 2.24. The van der Waals surface area contributed by atoms with Gasteiger partial charge in [0.25, 0.3) is 0 Å². The Morgan fingerprint density at radius 2 is 1.83 bits per heavy atom. The fourth-order valence-corrected chi connectivity index (χ4v) is 4.94. The molecule has 0 radical (unpaired) electrons. The van der Waals surface area contributed by atoms with Crippen molar-refractivity contribution in [1.29, 1.82) is 0 Å². The van der Waals surface area contributed by atoms with E-state index in [0.717, 1.165) is 16.9 Å². The van der Waals surface area contributed by atoms with Gasteiger partial charge in [0, 0.05) is 9.88 Å². The molecule has 0 spiro atoms. The van der Waals surface area contributed by atoms with Crippen molar-refractivity contribution in [2.24, 2.45) is 0 Å². The molecule has 0 saturated carbocycles. The van der Waals surface area contributed by atoms with Crippen LogP contribution in [-0.2, 0) is 19.7 Å². The number of hydrogen-bond donors (Lipinski definition) is 0. The normalized spacial score (nSPS) is 21.1. The van der Waals surface area contributed by atoms with Gasteiger partial charge in [0.1, 0.15) is 0 Å². The van der Waals surface area contributed by atoms with E-state index in [2.05, 4.69) is 15.9 Å². The Labute approximate surface area is 114 Å². The summed E-state index contributed by atoms with van der Waals surface area (Å²) in [7, 11) is -7.26. The summed E-state index contributed by atoms with van der Waals surface area (Å²) in [5.74, 6) is -0.315. The van der Waals surface area contributed by atoms with Crippen LogP contribution < -0.4 is 0 Å². The Morgan fingerprint density at radius 1 is 1.11 bits per heavy atom. The van der Waals surface area contributed by atoms with Gasteiger partial charge in [0.2, 0.25) is 0 Å². The van der Waals surface area contributed by atoms with E-state index >= 15 is 0 Å². The van der Waals surface area contributed by atoms with Gasteiger partial charge in [0.15, 0.2) is 19.7 Å². The lowest BCUT2D eigenvalue weighted by molar-refractivity contribution is 0.607. The van der Waals surface area contributed by atoms with Crippen LogP contribution in [0.15, 0.2) is 45.6 Å². The Morgan fingerprint density at radius 3 is 2.50 bits per heavy atom. The van der Waals surface area contributed by atoms with Gasteiger partial charge >= 0.3 is 0 Å². The number of sulfone groups is 2. The van der Waals surface area contributed by atoms with Crippen LogP contribution in [0.2, 0.25) is 0 Å². The largest absolute Gasteiger partial charge is 0.223 e. The summed E-state index contributed by atoms with van der Waals surface area (Å²) in [5, 5.41) is 1.71. The van der Waals surface area contributed by atoms with Gasteiger partial charge in [-0.3, -0.25) is 0 Å². The molecule has 1 aromatic carbocycles. The van der Waals surface area contributed by atoms with E-state index in [-0.39, 0.29) is 10.7 Å². The minimum Gasteiger partial charge on any atom is -0.223 e. The van der Waals surface area contributed by atoms with Crippen molar-refractivity contribution in [2.45, 2.75) is 0 Å². The number of hydrogen-bond acceptors (Lipinski definition) is 4. The maximum atomic E-state index is 12.0. The third-order valence-electron chi connectivity index (χ3n) is 2.32. The topological polar surface area (TPSA) is 68.3 Å². The smallest absolute Gasteiger partial charge is 0.194 e. The summed E-state index contributed by atoms with van der Waals surface area (Å²) in [5.41, 5.74) is 0.358. The summed E-state index contributed by atoms with van der Waals surface area (Å²) in [6.07, 6.45) is 1.14. The van der Waals surface area contributed by atoms with E-state index in [4.69, 9.17) is 0 Å². The first kappa shape index (κ1) is 13.5. The Kier molecular flexibility index (Phi) is 3.48. The molecule has 7 heteroatoms. The van der Waals surface area contributed by atoms with E-state index < -0.39 is 19.7 Å². The van der Waals surface area contributed by atoms with Gasteiger partial charge in [-0.1, -0.05) is 34.1 Å². The molecule has 0 aliphatic carbocycles. The molecule has 0 N–H and O–H groups in total. The zero-order chi connectivity index (χ0) is 13.4. The second kappa shape index (κ2) is 4.64. The van der Waals surface area contributed by atoms with Crippen molar-refractivity contribution in [1.82, 2.24) is 0 Å². The van der Waals surface area contributed by atoms with E-state index in [0.29, 0.717) is 10.0 Å². The molecule has 1 aliphatic heterocycles. The zero-order valence-electron chi connectivity index (χ0n) is 9.08. The average molecular weight is 349 g/mol. The van der Waals surface area contributed by atoms with Crippen LogP contribution in [0.3, 0.4) is 0 Å². The van der Waals surface area contributed by atoms with Crippen molar-refractivity contribution < 1.29 is 16.8 Å². The van der Waals surface area contributed by atoms with Crippen LogP contribution >= 0.6 is 15.9 Å². The second-order valence-electron chi connectivity index (χ2n) is 3.73. The van der Waals surface area contributed by atoms with Gasteiger partial charge in [-0.25, -0.2) is 16.8 Å². The summed E-state index contributed by atoms with van der Waals surface area (Å²) < 4.78 is 47.9. The zero-order valence-corrected chi connectivity index (χ0v) is 12.3. The SMILES string of the molecule is O=S1(=O)C=CCS(=O)(=O)C(c2cccc(Br)c2)=C1. The monoisotopic (exact) mass is 348 g/mol. The number of benzene rings is 1. The van der Waals surface area contributed by atoms with E-state index in [1.807, 2.05) is 0 Å². The molecule has 0 bridgehead atoms. The molecule has 0 fully saturated rings. The van der Waals surface area contributed by atoms with Crippen LogP contribution in [0, 0.1) is 0 Å². The highest BCUT2D eigenvalue weighted by Crippen LogP contribution is 2.27. The van der Waals surface area contributed by atoms with Crippen molar-refractivity contribution in [3.05, 3.63) is 51.2 Å². The predicted molar refractivity (Wildman–Crippen MR) is 74.0 cm³/mol. The summed E-state index contributed by atoms with van der Waals surface area (Å²) in [6, 6.07) is 6.53. The molecule has 1 aromatic rings. The molecule has 1 heterocycles. The summed E-state index contributed by atoms with van der Waals surface area (Å²) in [4.78, 5) is -0.172. The third-order valence-corrected chi connectivity index (χ3v) is 5.75. The number of halogens is 1. The molecule has 0 saturated heterocycles. The predicted octanol–water partition coefficient (Wildman–Crippen LogP) is 2.10. The Bertz CT molecular complexity index is 743. The highest BCUT2D eigenvalue weighted by atomic mass is 79.9. The molecule has 0 unspecified atom stereocenters. The van der Waals surface area contributed by atoms with Gasteiger partial charge in [-0.15, -0.1) is 0 Å². The van der Waals surface area contributed by atoms with Gasteiger partial charge in [-0.05, 0) is 17.7 Å². The molecule has 0 amide bonds. The fraction of sp³-hybridized carbons (Fsp3) is 0.0909. The lowest BCUT2D eigenvalue weighted by Crippen LogP contribution is -2.06. The molecule has 0 aromatic heterocycles. The first-order valence-corrected chi connectivity index (χ1v) is 8.98. The van der Waals surface area contributed by atoms with E-state index in [1.165, 1.54) is 0 Å². The van der Waals surface area contributed by atoms with Crippen LogP contribution in [0.4, 0.5) is 0 Å². The van der Waals surface area contributed by atoms with Crippen LogP contribution in [0.1, 0.15) is 5.56 Å². The first-order valence-electron chi connectivity index (χ1n) is 4.92. The van der Waals surface area contributed by atoms with Gasteiger partial charge in [0.05, 0.1) is 16.1 Å². The quantitative estimate of drug-likeness (QED) is 0.779. The lowest BCUT2D eigenvalue weighted by atomic mass is 10.2. The van der Waals surface area contributed by atoms with Crippen molar-refractivity contribution in [2.75, 3.05) is 5.75 Å². The molecular weight excluding hydrogens is 340 g/mol. The van der Waals surface area contributed by atoms with Crippen molar-refractivity contribution in [3.63, 3.8) is 0 Å². The third kappa shape index (κ3) is 2.90. The summed E-state index contributed by atoms with van der Waals surface area (Å²) in [6.45, 7) is 0. The van der Waals surface area contributed by atoms with Gasteiger partial charge < -0.3 is 0 Å². The Hall–Kier alpha value is -0.920. The maximum absolute atomic E-state index is 12.0. The summed E-state index contributed by atoms with van der Waals surface area (Å²) >= 11 is 3.23. The first-order chi connectivity index (χ1) is 8.30.